The number of nitrogens with zero attached hydrogens (tertiary/aromatic N) is 4. The van der Waals surface area contributed by atoms with Crippen molar-refractivity contribution in [3.63, 3.8) is 0 Å². The van der Waals surface area contributed by atoms with Crippen LogP contribution >= 0.6 is 0 Å². The molecule has 0 aliphatic carbocycles. The van der Waals surface area contributed by atoms with E-state index in [-0.39, 0.29) is 0 Å². The largest absolute Gasteiger partial charge is 0.402 e. The van der Waals surface area contributed by atoms with Gasteiger partial charge in [-0.15, -0.1) is 5.10 Å². The highest BCUT2D eigenvalue weighted by molar-refractivity contribution is 6.22. The summed E-state index contributed by atoms with van der Waals surface area (Å²) in [6.45, 7) is 7.71. The molecule has 0 radical (unpaired) electrons. The predicted octanol–water partition coefficient (Wildman–Crippen LogP) is 4.02. The van der Waals surface area contributed by atoms with E-state index < -0.39 is 0 Å². The Kier molecular flexibility index (Phi) is 5.12. The minimum absolute atomic E-state index is 0.367. The van der Waals surface area contributed by atoms with E-state index in [0.717, 1.165) is 16.6 Å². The fraction of sp³-hybridized carbons (Fsp3) is 0.250. The predicted molar refractivity (Wildman–Crippen MR) is 109 cm³/mol. The topological polar surface area (TPSA) is 113 Å². The lowest BCUT2D eigenvalue weighted by Crippen LogP contribution is -2.05. The van der Waals surface area contributed by atoms with Crippen LogP contribution in [0.15, 0.2) is 42.4 Å². The first kappa shape index (κ1) is 18.4. The monoisotopic (exact) mass is 361 g/mol. The molecule has 27 heavy (non-hydrogen) atoms. The van der Waals surface area contributed by atoms with Gasteiger partial charge in [-0.2, -0.15) is 5.10 Å². The molecule has 7 nitrogen and oxygen atoms in total. The third kappa shape index (κ3) is 4.08. The molecular formula is C20H23N7. The van der Waals surface area contributed by atoms with Gasteiger partial charge in [0.05, 0.1) is 17.2 Å². The van der Waals surface area contributed by atoms with E-state index in [2.05, 4.69) is 39.3 Å². The standard InChI is InChI=1S/C20H23N7/c1-11(2)14-8-19(27-24-10-14)26-18-6-5-16-17(25-18)7-15(9-23-16)20(12(3)21)13(4)22/h5-11,21H,22H2,1-4H3,(H,25,26,27)/b20-13+,21-12?. The van der Waals surface area contributed by atoms with Crippen LogP contribution in [0.5, 0.6) is 0 Å². The first-order valence-corrected chi connectivity index (χ1v) is 8.74. The fourth-order valence-corrected chi connectivity index (χ4v) is 2.84. The zero-order valence-electron chi connectivity index (χ0n) is 15.9. The number of hydrogen-bond acceptors (Lipinski definition) is 7. The molecule has 7 heteroatoms. The molecule has 3 aromatic rings. The quantitative estimate of drug-likeness (QED) is 0.592. The molecule has 3 heterocycles. The molecule has 0 saturated carbocycles. The van der Waals surface area contributed by atoms with Crippen LogP contribution in [0.4, 0.5) is 11.6 Å². The third-order valence-electron chi connectivity index (χ3n) is 4.19. The molecule has 0 fully saturated rings. The maximum atomic E-state index is 7.96. The van der Waals surface area contributed by atoms with Crippen molar-refractivity contribution in [2.24, 2.45) is 5.73 Å². The minimum Gasteiger partial charge on any atom is -0.402 e. The van der Waals surface area contributed by atoms with Gasteiger partial charge in [0.2, 0.25) is 0 Å². The smallest absolute Gasteiger partial charge is 0.154 e. The summed E-state index contributed by atoms with van der Waals surface area (Å²) in [5.74, 6) is 1.66. The van der Waals surface area contributed by atoms with E-state index in [1.54, 1.807) is 26.2 Å². The number of hydrogen-bond donors (Lipinski definition) is 3. The van der Waals surface area contributed by atoms with Gasteiger partial charge in [-0.3, -0.25) is 4.98 Å². The van der Waals surface area contributed by atoms with Crippen LogP contribution in [0.1, 0.15) is 44.7 Å². The second-order valence-corrected chi connectivity index (χ2v) is 6.80. The van der Waals surface area contributed by atoms with Crippen molar-refractivity contribution in [3.8, 4) is 0 Å². The van der Waals surface area contributed by atoms with Crippen LogP contribution in [0.25, 0.3) is 16.6 Å². The Morgan fingerprint density at radius 1 is 1.07 bits per heavy atom. The van der Waals surface area contributed by atoms with Crippen molar-refractivity contribution < 1.29 is 0 Å². The van der Waals surface area contributed by atoms with Crippen LogP contribution in [-0.2, 0) is 0 Å². The normalized spacial score (nSPS) is 12.2. The zero-order chi connectivity index (χ0) is 19.6. The van der Waals surface area contributed by atoms with Gasteiger partial charge in [0.15, 0.2) is 5.82 Å². The average Bonchev–Trinajstić information content (AvgIpc) is 2.61. The van der Waals surface area contributed by atoms with E-state index in [1.165, 1.54) is 0 Å². The zero-order valence-corrected chi connectivity index (χ0v) is 15.9. The van der Waals surface area contributed by atoms with Crippen molar-refractivity contribution in [2.75, 3.05) is 5.32 Å². The summed E-state index contributed by atoms with van der Waals surface area (Å²) in [5, 5.41) is 19.3. The Labute approximate surface area is 158 Å². The van der Waals surface area contributed by atoms with E-state index in [1.807, 2.05) is 24.3 Å². The maximum absolute atomic E-state index is 7.96. The number of anilines is 2. The summed E-state index contributed by atoms with van der Waals surface area (Å²) < 4.78 is 0. The molecule has 0 aliphatic rings. The van der Waals surface area contributed by atoms with E-state index >= 15 is 0 Å². The lowest BCUT2D eigenvalue weighted by Gasteiger charge is -2.10. The Balaban J connectivity index is 1.98. The van der Waals surface area contributed by atoms with Crippen LogP contribution in [0.2, 0.25) is 0 Å². The molecule has 0 bridgehead atoms. The summed E-state index contributed by atoms with van der Waals surface area (Å²) in [6, 6.07) is 7.61. The molecule has 0 saturated heterocycles. The molecular weight excluding hydrogens is 338 g/mol. The molecule has 0 amide bonds. The highest BCUT2D eigenvalue weighted by atomic mass is 15.2. The number of aromatic nitrogens is 4. The SMILES string of the molecule is CC(=N)/C(=C(/C)N)c1cnc2ccc(Nc3cc(C(C)C)cnn3)nc2c1. The third-order valence-corrected chi connectivity index (χ3v) is 4.19. The van der Waals surface area contributed by atoms with Crippen molar-refractivity contribution >= 4 is 34.0 Å². The second-order valence-electron chi connectivity index (χ2n) is 6.80. The van der Waals surface area contributed by atoms with Gasteiger partial charge in [0.25, 0.3) is 0 Å². The van der Waals surface area contributed by atoms with Gasteiger partial charge in [-0.1, -0.05) is 13.8 Å². The fourth-order valence-electron chi connectivity index (χ4n) is 2.84. The molecule has 0 atom stereocenters. The van der Waals surface area contributed by atoms with Gasteiger partial charge >= 0.3 is 0 Å². The van der Waals surface area contributed by atoms with E-state index in [0.29, 0.717) is 40.1 Å². The van der Waals surface area contributed by atoms with E-state index in [9.17, 15) is 0 Å². The minimum atomic E-state index is 0.367. The van der Waals surface area contributed by atoms with Crippen LogP contribution in [-0.4, -0.2) is 25.9 Å². The number of pyridine rings is 2. The molecule has 0 spiro atoms. The summed E-state index contributed by atoms with van der Waals surface area (Å²) in [6.07, 6.45) is 3.49. The van der Waals surface area contributed by atoms with Gasteiger partial charge in [-0.05, 0) is 49.6 Å². The Morgan fingerprint density at radius 2 is 1.85 bits per heavy atom. The summed E-state index contributed by atoms with van der Waals surface area (Å²) >= 11 is 0. The molecule has 138 valence electrons. The highest BCUT2D eigenvalue weighted by Crippen LogP contribution is 2.23. The van der Waals surface area contributed by atoms with Crippen LogP contribution in [0.3, 0.4) is 0 Å². The van der Waals surface area contributed by atoms with Gasteiger partial charge < -0.3 is 16.5 Å². The molecule has 0 aliphatic heterocycles. The summed E-state index contributed by atoms with van der Waals surface area (Å²) in [4.78, 5) is 9.08. The molecule has 0 unspecified atom stereocenters. The average molecular weight is 361 g/mol. The second kappa shape index (κ2) is 7.49. The summed E-state index contributed by atoms with van der Waals surface area (Å²) in [5.41, 5.74) is 11.0. The molecule has 3 rings (SSSR count). The van der Waals surface area contributed by atoms with Crippen LogP contribution < -0.4 is 11.1 Å². The maximum Gasteiger partial charge on any atom is 0.154 e. The van der Waals surface area contributed by atoms with Crippen molar-refractivity contribution in [3.05, 3.63) is 53.5 Å². The molecule has 4 N–H and O–H groups in total. The Hall–Kier alpha value is -3.35. The number of nitrogens with one attached hydrogen (secondary N) is 2. The summed E-state index contributed by atoms with van der Waals surface area (Å²) in [7, 11) is 0. The first-order chi connectivity index (χ1) is 12.8. The molecule has 3 aromatic heterocycles. The van der Waals surface area contributed by atoms with Gasteiger partial charge in [0.1, 0.15) is 5.82 Å². The number of fused-ring (bicyclic) bond motifs is 1. The van der Waals surface area contributed by atoms with Crippen LogP contribution in [0, 0.1) is 5.41 Å². The highest BCUT2D eigenvalue weighted by Gasteiger charge is 2.10. The number of nitrogens with two attached hydrogens (primary N) is 1. The van der Waals surface area contributed by atoms with E-state index in [4.69, 9.17) is 11.1 Å². The van der Waals surface area contributed by atoms with Crippen molar-refractivity contribution in [1.82, 2.24) is 20.2 Å². The molecule has 0 aromatic carbocycles. The van der Waals surface area contributed by atoms with Crippen molar-refractivity contribution in [2.45, 2.75) is 33.6 Å². The van der Waals surface area contributed by atoms with Crippen molar-refractivity contribution in [1.29, 1.82) is 5.41 Å². The van der Waals surface area contributed by atoms with Gasteiger partial charge in [-0.25, -0.2) is 4.98 Å². The first-order valence-electron chi connectivity index (χ1n) is 8.74. The lowest BCUT2D eigenvalue weighted by molar-refractivity contribution is 0.843. The number of rotatable bonds is 5. The Morgan fingerprint density at radius 3 is 2.52 bits per heavy atom. The van der Waals surface area contributed by atoms with Gasteiger partial charge in [0, 0.05) is 28.7 Å². The Bertz CT molecular complexity index is 1030. The number of allylic oxidation sites excluding steroid dienone is 2. The lowest BCUT2D eigenvalue weighted by atomic mass is 10.0.